The summed E-state index contributed by atoms with van der Waals surface area (Å²) < 4.78 is 10.9. The monoisotopic (exact) mass is 236 g/mol. The molecule has 0 radical (unpaired) electrons. The largest absolute Gasteiger partial charge is 0.491 e. The van der Waals surface area contributed by atoms with E-state index in [9.17, 15) is 4.79 Å². The van der Waals surface area contributed by atoms with Crippen LogP contribution in [0.1, 0.15) is 37.6 Å². The van der Waals surface area contributed by atoms with Gasteiger partial charge in [0.25, 0.3) is 0 Å². The topological polar surface area (TPSA) is 35.5 Å². The molecule has 0 N–H and O–H groups in total. The average molecular weight is 236 g/mol. The van der Waals surface area contributed by atoms with Crippen LogP contribution in [0.2, 0.25) is 0 Å². The third-order valence-corrected chi connectivity index (χ3v) is 2.30. The molecule has 3 nitrogen and oxygen atoms in total. The zero-order chi connectivity index (χ0) is 12.7. The number of carbonyl (C=O) groups is 1. The minimum atomic E-state index is 0.152. The molecule has 0 spiro atoms. The van der Waals surface area contributed by atoms with Gasteiger partial charge in [-0.15, -0.1) is 0 Å². The zero-order valence-electron chi connectivity index (χ0n) is 10.7. The lowest BCUT2D eigenvalue weighted by Crippen LogP contribution is -2.11. The van der Waals surface area contributed by atoms with Crippen LogP contribution in [-0.4, -0.2) is 25.1 Å². The summed E-state index contributed by atoms with van der Waals surface area (Å²) in [5.41, 5.74) is 0.735. The third-order valence-electron chi connectivity index (χ3n) is 2.30. The van der Waals surface area contributed by atoms with E-state index < -0.39 is 0 Å². The maximum absolute atomic E-state index is 11.4. The van der Waals surface area contributed by atoms with Crippen molar-refractivity contribution in [3.8, 4) is 5.75 Å². The van der Waals surface area contributed by atoms with Crippen molar-refractivity contribution >= 4 is 5.78 Å². The molecule has 1 aromatic carbocycles. The lowest BCUT2D eigenvalue weighted by atomic mass is 10.1. The van der Waals surface area contributed by atoms with E-state index in [1.165, 1.54) is 0 Å². The lowest BCUT2D eigenvalue weighted by Gasteiger charge is -2.09. The van der Waals surface area contributed by atoms with Crippen LogP contribution in [-0.2, 0) is 4.74 Å². The molecule has 0 aromatic heterocycles. The number of Topliss-reactive ketones (excluding diaryl/α,β-unsaturated/α-hetero) is 1. The second-order valence-corrected chi connectivity index (χ2v) is 4.07. The fourth-order valence-electron chi connectivity index (χ4n) is 1.38. The molecule has 0 heterocycles. The average Bonchev–Trinajstić information content (AvgIpc) is 2.34. The molecule has 1 rings (SSSR count). The standard InChI is InChI=1S/C14H20O3/c1-4-14(15)12-5-7-13(8-6-12)17-10-9-16-11(2)3/h5-8,11H,4,9-10H2,1-3H3. The van der Waals surface area contributed by atoms with E-state index in [4.69, 9.17) is 9.47 Å². The molecule has 3 heteroatoms. The number of ether oxygens (including phenoxy) is 2. The van der Waals surface area contributed by atoms with E-state index in [0.717, 1.165) is 11.3 Å². The zero-order valence-corrected chi connectivity index (χ0v) is 10.7. The Morgan fingerprint density at radius 2 is 1.82 bits per heavy atom. The number of carbonyl (C=O) groups excluding carboxylic acids is 1. The summed E-state index contributed by atoms with van der Waals surface area (Å²) in [6.45, 7) is 6.94. The predicted octanol–water partition coefficient (Wildman–Crippen LogP) is 3.08. The summed E-state index contributed by atoms with van der Waals surface area (Å²) in [5, 5.41) is 0. The summed E-state index contributed by atoms with van der Waals surface area (Å²) in [7, 11) is 0. The highest BCUT2D eigenvalue weighted by Gasteiger charge is 2.02. The maximum atomic E-state index is 11.4. The molecule has 0 aliphatic heterocycles. The molecule has 0 saturated heterocycles. The molecule has 17 heavy (non-hydrogen) atoms. The Morgan fingerprint density at radius 3 is 2.35 bits per heavy atom. The number of hydrogen-bond donors (Lipinski definition) is 0. The minimum Gasteiger partial charge on any atom is -0.491 e. The number of hydrogen-bond acceptors (Lipinski definition) is 3. The van der Waals surface area contributed by atoms with Crippen molar-refractivity contribution in [2.45, 2.75) is 33.3 Å². The Kier molecular flexibility index (Phi) is 5.70. The van der Waals surface area contributed by atoms with Crippen molar-refractivity contribution in [1.29, 1.82) is 0 Å². The highest BCUT2D eigenvalue weighted by molar-refractivity contribution is 5.95. The second-order valence-electron chi connectivity index (χ2n) is 4.07. The van der Waals surface area contributed by atoms with E-state index in [2.05, 4.69) is 0 Å². The van der Waals surface area contributed by atoms with Gasteiger partial charge in [0.1, 0.15) is 12.4 Å². The minimum absolute atomic E-state index is 0.152. The van der Waals surface area contributed by atoms with E-state index in [1.54, 1.807) is 12.1 Å². The Bertz CT molecular complexity index is 341. The van der Waals surface area contributed by atoms with Crippen LogP contribution >= 0.6 is 0 Å². The van der Waals surface area contributed by atoms with Crippen molar-refractivity contribution in [3.05, 3.63) is 29.8 Å². The Hall–Kier alpha value is -1.35. The molecule has 0 saturated carbocycles. The first-order valence-corrected chi connectivity index (χ1v) is 6.01. The predicted molar refractivity (Wildman–Crippen MR) is 67.6 cm³/mol. The molecule has 0 aliphatic rings. The summed E-state index contributed by atoms with van der Waals surface area (Å²) in [4.78, 5) is 11.4. The van der Waals surface area contributed by atoms with E-state index in [1.807, 2.05) is 32.9 Å². The van der Waals surface area contributed by atoms with Gasteiger partial charge in [0.15, 0.2) is 5.78 Å². The molecule has 0 atom stereocenters. The summed E-state index contributed by atoms with van der Waals surface area (Å²) in [5.74, 6) is 0.921. The highest BCUT2D eigenvalue weighted by atomic mass is 16.5. The Morgan fingerprint density at radius 1 is 1.18 bits per heavy atom. The molecule has 0 unspecified atom stereocenters. The van der Waals surface area contributed by atoms with Gasteiger partial charge in [-0.3, -0.25) is 4.79 Å². The van der Waals surface area contributed by atoms with Crippen LogP contribution in [0.15, 0.2) is 24.3 Å². The van der Waals surface area contributed by atoms with Crippen molar-refractivity contribution in [2.24, 2.45) is 0 Å². The van der Waals surface area contributed by atoms with Crippen LogP contribution < -0.4 is 4.74 Å². The summed E-state index contributed by atoms with van der Waals surface area (Å²) in [6, 6.07) is 7.23. The lowest BCUT2D eigenvalue weighted by molar-refractivity contribution is 0.0552. The van der Waals surface area contributed by atoms with E-state index >= 15 is 0 Å². The summed E-state index contributed by atoms with van der Waals surface area (Å²) in [6.07, 6.45) is 0.755. The third kappa shape index (κ3) is 5.00. The molecule has 0 bridgehead atoms. The fraction of sp³-hybridized carbons (Fsp3) is 0.500. The van der Waals surface area contributed by atoms with Gasteiger partial charge in [0, 0.05) is 12.0 Å². The number of benzene rings is 1. The van der Waals surface area contributed by atoms with Gasteiger partial charge in [-0.2, -0.15) is 0 Å². The van der Waals surface area contributed by atoms with Gasteiger partial charge in [-0.25, -0.2) is 0 Å². The van der Waals surface area contributed by atoms with E-state index in [-0.39, 0.29) is 11.9 Å². The number of ketones is 1. The maximum Gasteiger partial charge on any atom is 0.162 e. The van der Waals surface area contributed by atoms with Crippen molar-refractivity contribution in [3.63, 3.8) is 0 Å². The van der Waals surface area contributed by atoms with Gasteiger partial charge in [-0.05, 0) is 38.1 Å². The van der Waals surface area contributed by atoms with Crippen LogP contribution in [0, 0.1) is 0 Å². The second kappa shape index (κ2) is 7.07. The van der Waals surface area contributed by atoms with Gasteiger partial charge in [-0.1, -0.05) is 6.92 Å². The molecule has 0 aliphatic carbocycles. The van der Waals surface area contributed by atoms with Gasteiger partial charge in [0.05, 0.1) is 12.7 Å². The first-order valence-electron chi connectivity index (χ1n) is 6.01. The Balaban J connectivity index is 2.38. The van der Waals surface area contributed by atoms with Crippen LogP contribution in [0.5, 0.6) is 5.75 Å². The SMILES string of the molecule is CCC(=O)c1ccc(OCCOC(C)C)cc1. The van der Waals surface area contributed by atoms with Crippen LogP contribution in [0.3, 0.4) is 0 Å². The van der Waals surface area contributed by atoms with Crippen molar-refractivity contribution in [1.82, 2.24) is 0 Å². The molecule has 94 valence electrons. The molecular formula is C14H20O3. The van der Waals surface area contributed by atoms with Gasteiger partial charge < -0.3 is 9.47 Å². The van der Waals surface area contributed by atoms with Gasteiger partial charge >= 0.3 is 0 Å². The molecule has 0 fully saturated rings. The normalized spacial score (nSPS) is 10.6. The Labute approximate surface area is 103 Å². The quantitative estimate of drug-likeness (QED) is 0.539. The van der Waals surface area contributed by atoms with Crippen LogP contribution in [0.25, 0.3) is 0 Å². The van der Waals surface area contributed by atoms with Crippen LogP contribution in [0.4, 0.5) is 0 Å². The van der Waals surface area contributed by atoms with E-state index in [0.29, 0.717) is 19.6 Å². The highest BCUT2D eigenvalue weighted by Crippen LogP contribution is 2.13. The number of rotatable bonds is 7. The first-order chi connectivity index (χ1) is 8.13. The molecule has 1 aromatic rings. The first kappa shape index (κ1) is 13.7. The van der Waals surface area contributed by atoms with Crippen molar-refractivity contribution in [2.75, 3.05) is 13.2 Å². The van der Waals surface area contributed by atoms with Crippen molar-refractivity contribution < 1.29 is 14.3 Å². The smallest absolute Gasteiger partial charge is 0.162 e. The summed E-state index contributed by atoms with van der Waals surface area (Å²) >= 11 is 0. The molecule has 0 amide bonds. The fourth-order valence-corrected chi connectivity index (χ4v) is 1.38. The molecular weight excluding hydrogens is 216 g/mol. The van der Waals surface area contributed by atoms with Gasteiger partial charge in [0.2, 0.25) is 0 Å².